The molecule has 2 rings (SSSR count). The van der Waals surface area contributed by atoms with E-state index in [1.165, 1.54) is 0 Å². The second-order valence-corrected chi connectivity index (χ2v) is 5.78. The van der Waals surface area contributed by atoms with Crippen LogP contribution in [-0.2, 0) is 6.54 Å². The van der Waals surface area contributed by atoms with E-state index in [9.17, 15) is 4.79 Å². The smallest absolute Gasteiger partial charge is 0.320 e. The minimum Gasteiger partial charge on any atom is -0.320 e. The molecule has 0 atom stereocenters. The molecule has 2 aromatic rings. The number of urea groups is 1. The molecule has 116 valence electrons. The Kier molecular flexibility index (Phi) is 6.10. The Morgan fingerprint density at radius 2 is 1.82 bits per heavy atom. The maximum Gasteiger partial charge on any atom is 0.322 e. The Labute approximate surface area is 140 Å². The van der Waals surface area contributed by atoms with Crippen LogP contribution in [0.2, 0.25) is 10.0 Å². The topological polar surface area (TPSA) is 32.3 Å². The van der Waals surface area contributed by atoms with Crippen molar-refractivity contribution in [2.24, 2.45) is 0 Å². The summed E-state index contributed by atoms with van der Waals surface area (Å²) in [5, 5.41) is 3.75. The first-order chi connectivity index (χ1) is 10.6. The Morgan fingerprint density at radius 3 is 2.45 bits per heavy atom. The van der Waals surface area contributed by atoms with Crippen LogP contribution in [0.3, 0.4) is 0 Å². The van der Waals surface area contributed by atoms with Gasteiger partial charge in [0.25, 0.3) is 0 Å². The van der Waals surface area contributed by atoms with E-state index < -0.39 is 0 Å². The van der Waals surface area contributed by atoms with Crippen LogP contribution in [-0.4, -0.2) is 17.5 Å². The van der Waals surface area contributed by atoms with Gasteiger partial charge in [-0.05, 0) is 30.2 Å². The molecule has 0 aliphatic rings. The highest BCUT2D eigenvalue weighted by atomic mass is 35.5. The molecule has 0 aliphatic heterocycles. The van der Waals surface area contributed by atoms with Gasteiger partial charge in [0.2, 0.25) is 0 Å². The molecule has 0 unspecified atom stereocenters. The van der Waals surface area contributed by atoms with Crippen LogP contribution in [0.25, 0.3) is 0 Å². The lowest BCUT2D eigenvalue weighted by Gasteiger charge is -2.23. The van der Waals surface area contributed by atoms with Gasteiger partial charge in [-0.25, -0.2) is 4.79 Å². The van der Waals surface area contributed by atoms with Gasteiger partial charge in [0.15, 0.2) is 0 Å². The molecule has 2 aromatic carbocycles. The van der Waals surface area contributed by atoms with Crippen LogP contribution in [0.1, 0.15) is 18.9 Å². The summed E-state index contributed by atoms with van der Waals surface area (Å²) in [4.78, 5) is 14.2. The normalized spacial score (nSPS) is 10.3. The van der Waals surface area contributed by atoms with Crippen molar-refractivity contribution < 1.29 is 4.79 Å². The minimum absolute atomic E-state index is 0.149. The molecule has 0 heterocycles. The van der Waals surface area contributed by atoms with Crippen LogP contribution in [0.5, 0.6) is 0 Å². The molecule has 5 heteroatoms. The van der Waals surface area contributed by atoms with E-state index in [4.69, 9.17) is 23.2 Å². The second kappa shape index (κ2) is 8.06. The van der Waals surface area contributed by atoms with Gasteiger partial charge < -0.3 is 10.2 Å². The van der Waals surface area contributed by atoms with Crippen molar-refractivity contribution in [3.63, 3.8) is 0 Å². The van der Waals surface area contributed by atoms with E-state index in [-0.39, 0.29) is 6.03 Å². The van der Waals surface area contributed by atoms with Gasteiger partial charge in [-0.15, -0.1) is 0 Å². The molecule has 0 fully saturated rings. The zero-order valence-corrected chi connectivity index (χ0v) is 13.9. The van der Waals surface area contributed by atoms with Gasteiger partial charge in [-0.1, -0.05) is 60.5 Å². The third-order valence-electron chi connectivity index (χ3n) is 3.17. The standard InChI is InChI=1S/C17H18Cl2N2O/c1-2-10-21(12-13-6-4-3-5-7-13)17(22)20-14-8-9-15(18)16(19)11-14/h3-9,11H,2,10,12H2,1H3,(H,20,22). The molecular formula is C17H18Cl2N2O. The van der Waals surface area contributed by atoms with E-state index in [0.717, 1.165) is 12.0 Å². The van der Waals surface area contributed by atoms with Gasteiger partial charge in [0, 0.05) is 18.8 Å². The first-order valence-electron chi connectivity index (χ1n) is 7.15. The van der Waals surface area contributed by atoms with E-state index in [1.54, 1.807) is 23.1 Å². The summed E-state index contributed by atoms with van der Waals surface area (Å²) in [5.74, 6) is 0. The zero-order valence-electron chi connectivity index (χ0n) is 12.4. The van der Waals surface area contributed by atoms with E-state index in [0.29, 0.717) is 28.8 Å². The predicted octanol–water partition coefficient (Wildman–Crippen LogP) is 5.44. The Balaban J connectivity index is 2.07. The number of nitrogens with zero attached hydrogens (tertiary/aromatic N) is 1. The zero-order chi connectivity index (χ0) is 15.9. The van der Waals surface area contributed by atoms with Crippen molar-refractivity contribution >= 4 is 34.9 Å². The molecule has 1 N–H and O–H groups in total. The van der Waals surface area contributed by atoms with Gasteiger partial charge in [0.05, 0.1) is 10.0 Å². The van der Waals surface area contributed by atoms with Crippen LogP contribution >= 0.6 is 23.2 Å². The first-order valence-corrected chi connectivity index (χ1v) is 7.90. The number of anilines is 1. The lowest BCUT2D eigenvalue weighted by Crippen LogP contribution is -2.35. The number of hydrogen-bond acceptors (Lipinski definition) is 1. The van der Waals surface area contributed by atoms with E-state index in [2.05, 4.69) is 5.32 Å². The Bertz CT molecular complexity index is 632. The Hall–Kier alpha value is -1.71. The van der Waals surface area contributed by atoms with Crippen LogP contribution < -0.4 is 5.32 Å². The number of benzene rings is 2. The lowest BCUT2D eigenvalue weighted by molar-refractivity contribution is 0.209. The van der Waals surface area contributed by atoms with E-state index >= 15 is 0 Å². The molecule has 0 spiro atoms. The summed E-state index contributed by atoms with van der Waals surface area (Å²) >= 11 is 11.9. The predicted molar refractivity (Wildman–Crippen MR) is 92.6 cm³/mol. The molecule has 0 aliphatic carbocycles. The van der Waals surface area contributed by atoms with Crippen molar-refractivity contribution in [2.75, 3.05) is 11.9 Å². The number of amides is 2. The third kappa shape index (κ3) is 4.65. The molecule has 0 bridgehead atoms. The van der Waals surface area contributed by atoms with Gasteiger partial charge in [-0.3, -0.25) is 0 Å². The van der Waals surface area contributed by atoms with Crippen molar-refractivity contribution in [1.82, 2.24) is 4.90 Å². The van der Waals surface area contributed by atoms with E-state index in [1.807, 2.05) is 37.3 Å². The summed E-state index contributed by atoms with van der Waals surface area (Å²) in [6.07, 6.45) is 0.891. The number of halogens is 2. The fraction of sp³-hybridized carbons (Fsp3) is 0.235. The van der Waals surface area contributed by atoms with Crippen molar-refractivity contribution in [1.29, 1.82) is 0 Å². The number of rotatable bonds is 5. The molecule has 0 saturated carbocycles. The summed E-state index contributed by atoms with van der Waals surface area (Å²) in [7, 11) is 0. The molecule has 2 amide bonds. The monoisotopic (exact) mass is 336 g/mol. The van der Waals surface area contributed by atoms with Crippen LogP contribution in [0, 0.1) is 0 Å². The van der Waals surface area contributed by atoms with Crippen LogP contribution in [0.15, 0.2) is 48.5 Å². The molecular weight excluding hydrogens is 319 g/mol. The summed E-state index contributed by atoms with van der Waals surface area (Å²) < 4.78 is 0. The second-order valence-electron chi connectivity index (χ2n) is 4.97. The number of hydrogen-bond donors (Lipinski definition) is 1. The van der Waals surface area contributed by atoms with Gasteiger partial charge in [0.1, 0.15) is 0 Å². The third-order valence-corrected chi connectivity index (χ3v) is 3.91. The highest BCUT2D eigenvalue weighted by Gasteiger charge is 2.13. The average Bonchev–Trinajstić information content (AvgIpc) is 2.51. The lowest BCUT2D eigenvalue weighted by atomic mass is 10.2. The maximum atomic E-state index is 12.4. The maximum absolute atomic E-state index is 12.4. The molecule has 3 nitrogen and oxygen atoms in total. The Morgan fingerprint density at radius 1 is 1.09 bits per heavy atom. The van der Waals surface area contributed by atoms with Crippen molar-refractivity contribution in [3.05, 3.63) is 64.1 Å². The summed E-state index contributed by atoms with van der Waals surface area (Å²) in [6, 6.07) is 14.8. The first kappa shape index (κ1) is 16.7. The number of carbonyl (C=O) groups excluding carboxylic acids is 1. The highest BCUT2D eigenvalue weighted by molar-refractivity contribution is 6.42. The number of nitrogens with one attached hydrogen (secondary N) is 1. The molecule has 0 radical (unpaired) electrons. The van der Waals surface area contributed by atoms with Crippen molar-refractivity contribution in [3.8, 4) is 0 Å². The SMILES string of the molecule is CCCN(Cc1ccccc1)C(=O)Nc1ccc(Cl)c(Cl)c1. The molecule has 22 heavy (non-hydrogen) atoms. The largest absolute Gasteiger partial charge is 0.322 e. The highest BCUT2D eigenvalue weighted by Crippen LogP contribution is 2.25. The summed E-state index contributed by atoms with van der Waals surface area (Å²) in [6.45, 7) is 3.30. The molecule has 0 saturated heterocycles. The summed E-state index contributed by atoms with van der Waals surface area (Å²) in [5.41, 5.74) is 1.73. The van der Waals surface area contributed by atoms with Crippen LogP contribution in [0.4, 0.5) is 10.5 Å². The fourth-order valence-electron chi connectivity index (χ4n) is 2.10. The quantitative estimate of drug-likeness (QED) is 0.774. The van der Waals surface area contributed by atoms with Crippen molar-refractivity contribution in [2.45, 2.75) is 19.9 Å². The fourth-order valence-corrected chi connectivity index (χ4v) is 2.40. The average molecular weight is 337 g/mol. The number of carbonyl (C=O) groups is 1. The minimum atomic E-state index is -0.149. The van der Waals surface area contributed by atoms with Gasteiger partial charge >= 0.3 is 6.03 Å². The molecule has 0 aromatic heterocycles. The van der Waals surface area contributed by atoms with Gasteiger partial charge in [-0.2, -0.15) is 0 Å².